The van der Waals surface area contributed by atoms with Crippen molar-refractivity contribution >= 4 is 27.3 Å². The Morgan fingerprint density at radius 1 is 1.44 bits per heavy atom. The number of nitrogens with one attached hydrogen (secondary N) is 1. The lowest BCUT2D eigenvalue weighted by Crippen LogP contribution is -2.22. The van der Waals surface area contributed by atoms with Crippen LogP contribution < -0.4 is 5.32 Å². The summed E-state index contributed by atoms with van der Waals surface area (Å²) in [5.41, 5.74) is 0. The molecule has 4 heteroatoms. The molecule has 1 aliphatic rings. The van der Waals surface area contributed by atoms with Crippen LogP contribution in [0.4, 0.5) is 0 Å². The van der Waals surface area contributed by atoms with Crippen LogP contribution in [-0.4, -0.2) is 25.8 Å². The Hall–Kier alpha value is 0.1000. The zero-order chi connectivity index (χ0) is 11.2. The van der Waals surface area contributed by atoms with Crippen molar-refractivity contribution in [2.24, 2.45) is 0 Å². The van der Waals surface area contributed by atoms with E-state index in [1.807, 2.05) is 11.3 Å². The summed E-state index contributed by atoms with van der Waals surface area (Å²) in [7, 11) is 0. The maximum atomic E-state index is 5.58. The van der Waals surface area contributed by atoms with Crippen molar-refractivity contribution in [1.82, 2.24) is 5.32 Å². The van der Waals surface area contributed by atoms with Gasteiger partial charge in [0.1, 0.15) is 0 Å². The smallest absolute Gasteiger partial charge is 0.0701 e. The van der Waals surface area contributed by atoms with E-state index in [0.717, 1.165) is 32.5 Å². The van der Waals surface area contributed by atoms with Crippen LogP contribution in [0.5, 0.6) is 0 Å². The molecule has 1 N–H and O–H groups in total. The number of thiophene rings is 1. The molecule has 1 saturated heterocycles. The molecule has 0 bridgehead atoms. The molecule has 1 fully saturated rings. The van der Waals surface area contributed by atoms with E-state index in [4.69, 9.17) is 4.74 Å². The van der Waals surface area contributed by atoms with E-state index in [0.29, 0.717) is 6.10 Å². The average Bonchev–Trinajstić information content (AvgIpc) is 2.89. The summed E-state index contributed by atoms with van der Waals surface area (Å²) in [4.78, 5) is 1.44. The fraction of sp³-hybridized carbons (Fsp3) is 0.667. The first kappa shape index (κ1) is 12.6. The van der Waals surface area contributed by atoms with Crippen LogP contribution >= 0.6 is 27.3 Å². The zero-order valence-corrected chi connectivity index (χ0v) is 11.8. The van der Waals surface area contributed by atoms with E-state index in [9.17, 15) is 0 Å². The van der Waals surface area contributed by atoms with Crippen LogP contribution in [0.25, 0.3) is 0 Å². The second-order valence-electron chi connectivity index (χ2n) is 4.13. The van der Waals surface area contributed by atoms with Crippen LogP contribution in [0.1, 0.15) is 24.1 Å². The van der Waals surface area contributed by atoms with E-state index in [2.05, 4.69) is 33.4 Å². The predicted molar refractivity (Wildman–Crippen MR) is 72.2 cm³/mol. The van der Waals surface area contributed by atoms with Gasteiger partial charge in [0.15, 0.2) is 0 Å². The summed E-state index contributed by atoms with van der Waals surface area (Å²) in [6.45, 7) is 3.12. The Kier molecular flexibility index (Phi) is 5.29. The molecule has 0 saturated carbocycles. The quantitative estimate of drug-likeness (QED) is 0.815. The molecular weight excluding hydrogens is 286 g/mol. The third-order valence-electron chi connectivity index (χ3n) is 2.84. The minimum absolute atomic E-state index is 0.517. The van der Waals surface area contributed by atoms with Gasteiger partial charge in [-0.1, -0.05) is 0 Å². The minimum Gasteiger partial charge on any atom is -0.378 e. The highest BCUT2D eigenvalue weighted by Crippen LogP contribution is 2.22. The predicted octanol–water partition coefficient (Wildman–Crippen LogP) is 3.21. The molecule has 1 aromatic rings. The Bertz CT molecular complexity index is 310. The summed E-state index contributed by atoms with van der Waals surface area (Å²) in [6, 6.07) is 4.31. The highest BCUT2D eigenvalue weighted by atomic mass is 79.9. The molecule has 1 atom stereocenters. The van der Waals surface area contributed by atoms with Gasteiger partial charge >= 0.3 is 0 Å². The van der Waals surface area contributed by atoms with Crippen molar-refractivity contribution < 1.29 is 4.74 Å². The summed E-state index contributed by atoms with van der Waals surface area (Å²) >= 11 is 5.30. The maximum absolute atomic E-state index is 5.58. The molecule has 0 radical (unpaired) electrons. The van der Waals surface area contributed by atoms with Crippen molar-refractivity contribution in [3.63, 3.8) is 0 Å². The molecule has 0 amide bonds. The topological polar surface area (TPSA) is 21.3 Å². The lowest BCUT2D eigenvalue weighted by atomic mass is 10.2. The van der Waals surface area contributed by atoms with Crippen molar-refractivity contribution in [1.29, 1.82) is 0 Å². The second kappa shape index (κ2) is 6.74. The second-order valence-corrected chi connectivity index (χ2v) is 6.68. The Morgan fingerprint density at radius 3 is 3.06 bits per heavy atom. The minimum atomic E-state index is 0.517. The Balaban J connectivity index is 1.51. The SMILES string of the molecule is Brc1ccc(CCNCCC2CCCO2)s1. The van der Waals surface area contributed by atoms with Gasteiger partial charge in [-0.05, 0) is 66.8 Å². The van der Waals surface area contributed by atoms with E-state index in [1.165, 1.54) is 21.5 Å². The molecule has 2 nitrogen and oxygen atoms in total. The molecule has 0 aromatic carbocycles. The molecule has 0 spiro atoms. The normalized spacial score (nSPS) is 20.4. The molecule has 1 aliphatic heterocycles. The standard InChI is InChI=1S/C12H18BrNOS/c13-12-4-3-11(16-12)6-8-14-7-5-10-2-1-9-15-10/h3-4,10,14H,1-2,5-9H2. The van der Waals surface area contributed by atoms with Gasteiger partial charge in [-0.3, -0.25) is 0 Å². The van der Waals surface area contributed by atoms with Crippen LogP contribution in [0, 0.1) is 0 Å². The molecule has 1 unspecified atom stereocenters. The molecular formula is C12H18BrNOS. The molecule has 90 valence electrons. The molecule has 2 rings (SSSR count). The number of halogens is 1. The fourth-order valence-corrected chi connectivity index (χ4v) is 3.44. The first-order chi connectivity index (χ1) is 7.84. The number of hydrogen-bond donors (Lipinski definition) is 1. The lowest BCUT2D eigenvalue weighted by molar-refractivity contribution is 0.104. The highest BCUT2D eigenvalue weighted by Gasteiger charge is 2.14. The van der Waals surface area contributed by atoms with E-state index < -0.39 is 0 Å². The summed E-state index contributed by atoms with van der Waals surface area (Å²) in [5, 5.41) is 3.48. The van der Waals surface area contributed by atoms with Crippen LogP contribution in [0.15, 0.2) is 15.9 Å². The fourth-order valence-electron chi connectivity index (χ4n) is 1.96. The van der Waals surface area contributed by atoms with E-state index in [1.54, 1.807) is 0 Å². The molecule has 1 aromatic heterocycles. The number of ether oxygens (including phenoxy) is 1. The lowest BCUT2D eigenvalue weighted by Gasteiger charge is -2.09. The third kappa shape index (κ3) is 4.17. The molecule has 0 aliphatic carbocycles. The van der Waals surface area contributed by atoms with Gasteiger partial charge in [0.25, 0.3) is 0 Å². The van der Waals surface area contributed by atoms with Gasteiger partial charge in [0, 0.05) is 11.5 Å². The van der Waals surface area contributed by atoms with Crippen molar-refractivity contribution in [3.8, 4) is 0 Å². The summed E-state index contributed by atoms with van der Waals surface area (Å²) in [5.74, 6) is 0. The molecule has 16 heavy (non-hydrogen) atoms. The zero-order valence-electron chi connectivity index (χ0n) is 9.38. The van der Waals surface area contributed by atoms with Crippen molar-refractivity contribution in [2.45, 2.75) is 31.8 Å². The Labute approximate surface area is 110 Å². The van der Waals surface area contributed by atoms with Crippen molar-refractivity contribution in [2.75, 3.05) is 19.7 Å². The largest absolute Gasteiger partial charge is 0.378 e. The van der Waals surface area contributed by atoms with Gasteiger partial charge in [-0.15, -0.1) is 11.3 Å². The van der Waals surface area contributed by atoms with Crippen LogP contribution in [-0.2, 0) is 11.2 Å². The van der Waals surface area contributed by atoms with Crippen LogP contribution in [0.2, 0.25) is 0 Å². The average molecular weight is 304 g/mol. The highest BCUT2D eigenvalue weighted by molar-refractivity contribution is 9.11. The third-order valence-corrected chi connectivity index (χ3v) is 4.53. The van der Waals surface area contributed by atoms with E-state index in [-0.39, 0.29) is 0 Å². The van der Waals surface area contributed by atoms with Gasteiger partial charge in [0.05, 0.1) is 9.89 Å². The number of hydrogen-bond acceptors (Lipinski definition) is 3. The van der Waals surface area contributed by atoms with Crippen LogP contribution in [0.3, 0.4) is 0 Å². The summed E-state index contributed by atoms with van der Waals surface area (Å²) in [6.07, 6.45) is 5.30. The van der Waals surface area contributed by atoms with Gasteiger partial charge in [0.2, 0.25) is 0 Å². The monoisotopic (exact) mass is 303 g/mol. The van der Waals surface area contributed by atoms with Gasteiger partial charge in [-0.25, -0.2) is 0 Å². The van der Waals surface area contributed by atoms with E-state index >= 15 is 0 Å². The molecule has 2 heterocycles. The first-order valence-corrected chi connectivity index (χ1v) is 7.52. The maximum Gasteiger partial charge on any atom is 0.0701 e. The van der Waals surface area contributed by atoms with Gasteiger partial charge < -0.3 is 10.1 Å². The summed E-state index contributed by atoms with van der Waals surface area (Å²) < 4.78 is 6.80. The first-order valence-electron chi connectivity index (χ1n) is 5.91. The van der Waals surface area contributed by atoms with Gasteiger partial charge in [-0.2, -0.15) is 0 Å². The number of rotatable bonds is 6. The Morgan fingerprint density at radius 2 is 2.38 bits per heavy atom. The van der Waals surface area contributed by atoms with Crippen molar-refractivity contribution in [3.05, 3.63) is 20.8 Å².